The molecule has 0 radical (unpaired) electrons. The van der Waals surface area contributed by atoms with Gasteiger partial charge in [-0.3, -0.25) is 10.8 Å². The van der Waals surface area contributed by atoms with E-state index in [1.807, 2.05) is 18.2 Å². The Labute approximate surface area is 102 Å². The van der Waals surface area contributed by atoms with Gasteiger partial charge in [-0.15, -0.1) is 0 Å². The molecule has 0 bridgehead atoms. The molecule has 0 spiro atoms. The first-order valence-electron chi connectivity index (χ1n) is 5.81. The number of nitrogens with one attached hydrogen (secondary N) is 1. The third-order valence-electron chi connectivity index (χ3n) is 2.84. The highest BCUT2D eigenvalue weighted by atomic mass is 15.2. The van der Waals surface area contributed by atoms with Gasteiger partial charge in [0.25, 0.3) is 0 Å². The lowest BCUT2D eigenvalue weighted by Gasteiger charge is -2.16. The molecule has 0 saturated heterocycles. The van der Waals surface area contributed by atoms with Gasteiger partial charge in [0.2, 0.25) is 0 Å². The highest BCUT2D eigenvalue weighted by molar-refractivity contribution is 5.31. The summed E-state index contributed by atoms with van der Waals surface area (Å²) in [7, 11) is 0. The third kappa shape index (κ3) is 2.70. The number of aryl methyl sites for hydroxylation is 1. The van der Waals surface area contributed by atoms with Gasteiger partial charge < -0.3 is 0 Å². The SMILES string of the molecule is CCc1cccc(C(NN)c2ccccn2)c1. The molecular weight excluding hydrogens is 210 g/mol. The van der Waals surface area contributed by atoms with Crippen LogP contribution in [0.15, 0.2) is 48.7 Å². The Morgan fingerprint density at radius 2 is 2.12 bits per heavy atom. The number of hydrogen-bond donors (Lipinski definition) is 2. The first-order chi connectivity index (χ1) is 8.35. The van der Waals surface area contributed by atoms with Crippen LogP contribution >= 0.6 is 0 Å². The number of rotatable bonds is 4. The summed E-state index contributed by atoms with van der Waals surface area (Å²) in [6.45, 7) is 2.14. The fourth-order valence-corrected chi connectivity index (χ4v) is 1.89. The Bertz CT molecular complexity index is 468. The van der Waals surface area contributed by atoms with Crippen LogP contribution < -0.4 is 11.3 Å². The molecule has 0 fully saturated rings. The summed E-state index contributed by atoms with van der Waals surface area (Å²) in [5, 5.41) is 0. The lowest BCUT2D eigenvalue weighted by molar-refractivity contribution is 0.620. The summed E-state index contributed by atoms with van der Waals surface area (Å²) in [5.41, 5.74) is 6.21. The molecule has 88 valence electrons. The first-order valence-corrected chi connectivity index (χ1v) is 5.81. The molecule has 3 nitrogen and oxygen atoms in total. The van der Waals surface area contributed by atoms with Crippen molar-refractivity contribution in [2.24, 2.45) is 5.84 Å². The molecule has 2 aromatic rings. The molecule has 1 aromatic carbocycles. The summed E-state index contributed by atoms with van der Waals surface area (Å²) < 4.78 is 0. The molecule has 0 aliphatic carbocycles. The zero-order valence-corrected chi connectivity index (χ0v) is 9.93. The van der Waals surface area contributed by atoms with Crippen LogP contribution in [-0.2, 0) is 6.42 Å². The van der Waals surface area contributed by atoms with Gasteiger partial charge in [0, 0.05) is 6.20 Å². The van der Waals surface area contributed by atoms with E-state index in [2.05, 4.69) is 41.6 Å². The fraction of sp³-hybridized carbons (Fsp3) is 0.214. The quantitative estimate of drug-likeness (QED) is 0.622. The second-order valence-electron chi connectivity index (χ2n) is 3.95. The molecule has 0 aliphatic heterocycles. The van der Waals surface area contributed by atoms with Crippen LogP contribution in [-0.4, -0.2) is 4.98 Å². The molecule has 1 atom stereocenters. The van der Waals surface area contributed by atoms with E-state index in [4.69, 9.17) is 5.84 Å². The number of hydrazine groups is 1. The Morgan fingerprint density at radius 1 is 1.24 bits per heavy atom. The van der Waals surface area contributed by atoms with Crippen molar-refractivity contribution in [1.82, 2.24) is 10.4 Å². The van der Waals surface area contributed by atoms with Crippen LogP contribution in [0.5, 0.6) is 0 Å². The van der Waals surface area contributed by atoms with Crippen molar-refractivity contribution in [1.29, 1.82) is 0 Å². The molecule has 1 heterocycles. The van der Waals surface area contributed by atoms with E-state index < -0.39 is 0 Å². The van der Waals surface area contributed by atoms with Crippen molar-refractivity contribution >= 4 is 0 Å². The number of nitrogens with two attached hydrogens (primary N) is 1. The molecule has 1 unspecified atom stereocenters. The molecule has 0 saturated carbocycles. The number of hydrogen-bond acceptors (Lipinski definition) is 3. The number of pyridine rings is 1. The van der Waals surface area contributed by atoms with Gasteiger partial charge in [0.05, 0.1) is 11.7 Å². The van der Waals surface area contributed by atoms with Crippen LogP contribution in [0.4, 0.5) is 0 Å². The van der Waals surface area contributed by atoms with E-state index in [9.17, 15) is 0 Å². The highest BCUT2D eigenvalue weighted by Gasteiger charge is 2.13. The van der Waals surface area contributed by atoms with Crippen LogP contribution in [0.3, 0.4) is 0 Å². The smallest absolute Gasteiger partial charge is 0.0881 e. The molecule has 1 aromatic heterocycles. The second-order valence-corrected chi connectivity index (χ2v) is 3.95. The molecule has 0 amide bonds. The number of benzene rings is 1. The molecular formula is C14H17N3. The van der Waals surface area contributed by atoms with Crippen molar-refractivity contribution in [3.05, 3.63) is 65.5 Å². The average molecular weight is 227 g/mol. The fourth-order valence-electron chi connectivity index (χ4n) is 1.89. The Morgan fingerprint density at radius 3 is 2.76 bits per heavy atom. The standard InChI is InChI=1S/C14H17N3/c1-2-11-6-5-7-12(10-11)14(17-15)13-8-3-4-9-16-13/h3-10,14,17H,2,15H2,1H3. The molecule has 3 heteroatoms. The predicted octanol–water partition coefficient (Wildman–Crippen LogP) is 2.20. The highest BCUT2D eigenvalue weighted by Crippen LogP contribution is 2.20. The van der Waals surface area contributed by atoms with Crippen LogP contribution in [0.1, 0.15) is 29.8 Å². The molecule has 0 aliphatic rings. The van der Waals surface area contributed by atoms with E-state index in [-0.39, 0.29) is 6.04 Å². The normalized spacial score (nSPS) is 12.4. The van der Waals surface area contributed by atoms with Gasteiger partial charge in [0.1, 0.15) is 0 Å². The summed E-state index contributed by atoms with van der Waals surface area (Å²) in [6.07, 6.45) is 2.80. The first kappa shape index (κ1) is 11.8. The maximum absolute atomic E-state index is 5.64. The van der Waals surface area contributed by atoms with E-state index in [1.165, 1.54) is 5.56 Å². The largest absolute Gasteiger partial charge is 0.271 e. The van der Waals surface area contributed by atoms with Gasteiger partial charge in [-0.25, -0.2) is 5.43 Å². The monoisotopic (exact) mass is 227 g/mol. The zero-order valence-electron chi connectivity index (χ0n) is 9.93. The molecule has 17 heavy (non-hydrogen) atoms. The molecule has 2 rings (SSSR count). The minimum Gasteiger partial charge on any atom is -0.271 e. The maximum atomic E-state index is 5.64. The van der Waals surface area contributed by atoms with Crippen molar-refractivity contribution in [2.75, 3.05) is 0 Å². The third-order valence-corrected chi connectivity index (χ3v) is 2.84. The lowest BCUT2D eigenvalue weighted by Crippen LogP contribution is -2.29. The summed E-state index contributed by atoms with van der Waals surface area (Å²) in [6, 6.07) is 14.2. The molecule has 3 N–H and O–H groups in total. The van der Waals surface area contributed by atoms with Gasteiger partial charge in [-0.2, -0.15) is 0 Å². The van der Waals surface area contributed by atoms with E-state index in [1.54, 1.807) is 6.20 Å². The van der Waals surface area contributed by atoms with Gasteiger partial charge in [-0.05, 0) is 29.7 Å². The minimum absolute atomic E-state index is 0.0531. The second kappa shape index (κ2) is 5.57. The van der Waals surface area contributed by atoms with Crippen molar-refractivity contribution in [3.63, 3.8) is 0 Å². The Kier molecular flexibility index (Phi) is 3.85. The summed E-state index contributed by atoms with van der Waals surface area (Å²) in [5.74, 6) is 5.64. The van der Waals surface area contributed by atoms with Crippen molar-refractivity contribution in [2.45, 2.75) is 19.4 Å². The van der Waals surface area contributed by atoms with Gasteiger partial charge >= 0.3 is 0 Å². The average Bonchev–Trinajstić information content (AvgIpc) is 2.41. The zero-order chi connectivity index (χ0) is 12.1. The van der Waals surface area contributed by atoms with E-state index >= 15 is 0 Å². The van der Waals surface area contributed by atoms with E-state index in [0.29, 0.717) is 0 Å². The number of aromatic nitrogens is 1. The Balaban J connectivity index is 2.35. The van der Waals surface area contributed by atoms with Crippen LogP contribution in [0.25, 0.3) is 0 Å². The number of nitrogens with zero attached hydrogens (tertiary/aromatic N) is 1. The lowest BCUT2D eigenvalue weighted by atomic mass is 10.0. The minimum atomic E-state index is -0.0531. The topological polar surface area (TPSA) is 50.9 Å². The Hall–Kier alpha value is -1.71. The summed E-state index contributed by atoms with van der Waals surface area (Å²) in [4.78, 5) is 4.34. The van der Waals surface area contributed by atoms with Crippen LogP contribution in [0, 0.1) is 0 Å². The van der Waals surface area contributed by atoms with E-state index in [0.717, 1.165) is 17.7 Å². The van der Waals surface area contributed by atoms with Crippen molar-refractivity contribution < 1.29 is 0 Å². The van der Waals surface area contributed by atoms with Crippen molar-refractivity contribution in [3.8, 4) is 0 Å². The van der Waals surface area contributed by atoms with Crippen LogP contribution in [0.2, 0.25) is 0 Å². The predicted molar refractivity (Wildman–Crippen MR) is 69.2 cm³/mol. The van der Waals surface area contributed by atoms with Gasteiger partial charge in [0.15, 0.2) is 0 Å². The summed E-state index contributed by atoms with van der Waals surface area (Å²) >= 11 is 0. The van der Waals surface area contributed by atoms with Gasteiger partial charge in [-0.1, -0.05) is 37.3 Å². The maximum Gasteiger partial charge on any atom is 0.0881 e.